The van der Waals surface area contributed by atoms with Crippen LogP contribution in [0.4, 0.5) is 5.82 Å². The summed E-state index contributed by atoms with van der Waals surface area (Å²) < 4.78 is 0. The van der Waals surface area contributed by atoms with Crippen LogP contribution in [-0.4, -0.2) is 23.6 Å². The molecule has 1 rings (SSSR count). The summed E-state index contributed by atoms with van der Waals surface area (Å²) in [6.45, 7) is 16.2. The van der Waals surface area contributed by atoms with Gasteiger partial charge in [-0.3, -0.25) is 0 Å². The fraction of sp³-hybridized carbons (Fsp3) is 0.722. The van der Waals surface area contributed by atoms with Crippen LogP contribution in [0.2, 0.25) is 0 Å². The molecule has 0 aliphatic heterocycles. The van der Waals surface area contributed by atoms with Gasteiger partial charge in [0.05, 0.1) is 0 Å². The lowest BCUT2D eigenvalue weighted by Gasteiger charge is -2.31. The van der Waals surface area contributed by atoms with Gasteiger partial charge in [0, 0.05) is 36.4 Å². The van der Waals surface area contributed by atoms with E-state index in [4.69, 9.17) is 4.98 Å². The van der Waals surface area contributed by atoms with Crippen LogP contribution in [0.5, 0.6) is 0 Å². The first kappa shape index (κ1) is 18.0. The number of nitrogens with one attached hydrogen (secondary N) is 1. The molecule has 1 N–H and O–H groups in total. The highest BCUT2D eigenvalue weighted by Crippen LogP contribution is 2.25. The van der Waals surface area contributed by atoms with Crippen molar-refractivity contribution in [3.8, 4) is 0 Å². The number of nitrogens with zero attached hydrogens (tertiary/aromatic N) is 2. The van der Waals surface area contributed by atoms with E-state index in [1.165, 1.54) is 11.1 Å². The molecule has 0 aromatic carbocycles. The molecular weight excluding hydrogens is 258 g/mol. The van der Waals surface area contributed by atoms with E-state index in [1.807, 2.05) is 0 Å². The largest absolute Gasteiger partial charge is 0.356 e. The van der Waals surface area contributed by atoms with Gasteiger partial charge in [0.15, 0.2) is 0 Å². The Balaban J connectivity index is 3.16. The van der Waals surface area contributed by atoms with Gasteiger partial charge in [0.1, 0.15) is 5.82 Å². The van der Waals surface area contributed by atoms with Crippen molar-refractivity contribution in [2.45, 2.75) is 79.4 Å². The highest BCUT2D eigenvalue weighted by atomic mass is 15.2. The lowest BCUT2D eigenvalue weighted by atomic mass is 10.0. The maximum atomic E-state index is 4.84. The number of hydrogen-bond acceptors (Lipinski definition) is 3. The van der Waals surface area contributed by atoms with Crippen LogP contribution < -0.4 is 10.2 Å². The topological polar surface area (TPSA) is 28.2 Å². The van der Waals surface area contributed by atoms with Crippen molar-refractivity contribution in [2.24, 2.45) is 0 Å². The number of anilines is 1. The predicted molar refractivity (Wildman–Crippen MR) is 93.1 cm³/mol. The average Bonchev–Trinajstić information content (AvgIpc) is 2.36. The van der Waals surface area contributed by atoms with E-state index in [9.17, 15) is 0 Å². The summed E-state index contributed by atoms with van der Waals surface area (Å²) in [5, 5.41) is 3.60. The monoisotopic (exact) mass is 291 g/mol. The van der Waals surface area contributed by atoms with Gasteiger partial charge >= 0.3 is 0 Å². The van der Waals surface area contributed by atoms with E-state index in [1.54, 1.807) is 0 Å². The SMILES string of the molecule is CCC(CC)N(C)c1nc(C)cc(C)c1CNC(C)(C)C. The van der Waals surface area contributed by atoms with Crippen molar-refractivity contribution in [3.05, 3.63) is 22.9 Å². The van der Waals surface area contributed by atoms with Crippen molar-refractivity contribution in [1.82, 2.24) is 10.3 Å². The van der Waals surface area contributed by atoms with Crippen LogP contribution in [0.1, 0.15) is 64.3 Å². The molecule has 0 aliphatic rings. The Morgan fingerprint density at radius 1 is 1.19 bits per heavy atom. The summed E-state index contributed by atoms with van der Waals surface area (Å²) in [5.74, 6) is 1.14. The Kier molecular flexibility index (Phi) is 6.21. The minimum Gasteiger partial charge on any atom is -0.356 e. The Morgan fingerprint density at radius 3 is 2.24 bits per heavy atom. The Hall–Kier alpha value is -1.09. The molecule has 0 spiro atoms. The molecule has 0 unspecified atom stereocenters. The van der Waals surface area contributed by atoms with E-state index in [0.717, 1.165) is 30.9 Å². The Morgan fingerprint density at radius 2 is 1.76 bits per heavy atom. The van der Waals surface area contributed by atoms with Crippen molar-refractivity contribution in [2.75, 3.05) is 11.9 Å². The van der Waals surface area contributed by atoms with Crippen LogP contribution in [0, 0.1) is 13.8 Å². The minimum atomic E-state index is 0.113. The summed E-state index contributed by atoms with van der Waals surface area (Å²) in [4.78, 5) is 7.20. The Bertz CT molecular complexity index is 456. The van der Waals surface area contributed by atoms with Crippen molar-refractivity contribution >= 4 is 5.82 Å². The first-order valence-corrected chi connectivity index (χ1v) is 8.14. The molecule has 1 heterocycles. The first-order chi connectivity index (χ1) is 9.69. The maximum Gasteiger partial charge on any atom is 0.133 e. The number of aromatic nitrogens is 1. The van der Waals surface area contributed by atoms with Gasteiger partial charge in [0.2, 0.25) is 0 Å². The van der Waals surface area contributed by atoms with Crippen LogP contribution in [0.15, 0.2) is 6.07 Å². The van der Waals surface area contributed by atoms with Crippen molar-refractivity contribution < 1.29 is 0 Å². The van der Waals surface area contributed by atoms with E-state index in [-0.39, 0.29) is 5.54 Å². The van der Waals surface area contributed by atoms with Crippen molar-refractivity contribution in [3.63, 3.8) is 0 Å². The van der Waals surface area contributed by atoms with E-state index in [2.05, 4.69) is 71.8 Å². The normalized spacial score (nSPS) is 12.0. The highest BCUT2D eigenvalue weighted by Gasteiger charge is 2.19. The second kappa shape index (κ2) is 7.26. The second-order valence-corrected chi connectivity index (χ2v) is 7.07. The third-order valence-corrected chi connectivity index (χ3v) is 4.07. The molecule has 0 fully saturated rings. The molecule has 0 saturated carbocycles. The molecule has 120 valence electrons. The molecule has 3 heteroatoms. The summed E-state index contributed by atoms with van der Waals surface area (Å²) in [7, 11) is 2.18. The number of rotatable bonds is 6. The zero-order chi connectivity index (χ0) is 16.2. The third-order valence-electron chi connectivity index (χ3n) is 4.07. The molecule has 21 heavy (non-hydrogen) atoms. The quantitative estimate of drug-likeness (QED) is 0.851. The van der Waals surface area contributed by atoms with Crippen LogP contribution in [0.25, 0.3) is 0 Å². The molecule has 1 aromatic heterocycles. The summed E-state index contributed by atoms with van der Waals surface area (Å²) in [6.07, 6.45) is 2.29. The van der Waals surface area contributed by atoms with Gasteiger partial charge in [-0.1, -0.05) is 13.8 Å². The zero-order valence-corrected chi connectivity index (χ0v) is 15.2. The van der Waals surface area contributed by atoms with E-state index < -0.39 is 0 Å². The van der Waals surface area contributed by atoms with Gasteiger partial charge in [-0.25, -0.2) is 4.98 Å². The number of hydrogen-bond donors (Lipinski definition) is 1. The predicted octanol–water partition coefficient (Wildman–Crippen LogP) is 4.21. The Labute approximate surface area is 131 Å². The molecule has 3 nitrogen and oxygen atoms in total. The average molecular weight is 291 g/mol. The van der Waals surface area contributed by atoms with Crippen LogP contribution >= 0.6 is 0 Å². The van der Waals surface area contributed by atoms with Gasteiger partial charge < -0.3 is 10.2 Å². The standard InChI is InChI=1S/C18H33N3/c1-9-15(10-2)21(8)17-16(12-19-18(5,6)7)13(3)11-14(4)20-17/h11,15,19H,9-10,12H2,1-8H3. The second-order valence-electron chi connectivity index (χ2n) is 7.07. The molecule has 1 aromatic rings. The number of aryl methyl sites for hydroxylation is 2. The highest BCUT2D eigenvalue weighted by molar-refractivity contribution is 5.52. The summed E-state index contributed by atoms with van der Waals surface area (Å²) in [6, 6.07) is 2.73. The van der Waals surface area contributed by atoms with E-state index >= 15 is 0 Å². The fourth-order valence-corrected chi connectivity index (χ4v) is 2.72. The zero-order valence-electron chi connectivity index (χ0n) is 15.2. The van der Waals surface area contributed by atoms with Gasteiger partial charge in [-0.05, 0) is 59.1 Å². The van der Waals surface area contributed by atoms with Gasteiger partial charge in [-0.2, -0.15) is 0 Å². The lowest BCUT2D eigenvalue weighted by Crippen LogP contribution is -2.37. The molecular formula is C18H33N3. The molecule has 0 saturated heterocycles. The molecule has 0 bridgehead atoms. The van der Waals surface area contributed by atoms with E-state index in [0.29, 0.717) is 6.04 Å². The molecule has 0 amide bonds. The smallest absolute Gasteiger partial charge is 0.133 e. The van der Waals surface area contributed by atoms with Crippen molar-refractivity contribution in [1.29, 1.82) is 0 Å². The maximum absolute atomic E-state index is 4.84. The van der Waals surface area contributed by atoms with Gasteiger partial charge in [-0.15, -0.1) is 0 Å². The van der Waals surface area contributed by atoms with Crippen LogP contribution in [-0.2, 0) is 6.54 Å². The summed E-state index contributed by atoms with van der Waals surface area (Å²) >= 11 is 0. The number of pyridine rings is 1. The van der Waals surface area contributed by atoms with Crippen LogP contribution in [0.3, 0.4) is 0 Å². The summed E-state index contributed by atoms with van der Waals surface area (Å²) in [5.41, 5.74) is 3.86. The molecule has 0 radical (unpaired) electrons. The first-order valence-electron chi connectivity index (χ1n) is 8.14. The molecule has 0 aliphatic carbocycles. The third kappa shape index (κ3) is 4.99. The minimum absolute atomic E-state index is 0.113. The lowest BCUT2D eigenvalue weighted by molar-refractivity contribution is 0.423. The molecule has 0 atom stereocenters. The fourth-order valence-electron chi connectivity index (χ4n) is 2.72. The van der Waals surface area contributed by atoms with Gasteiger partial charge in [0.25, 0.3) is 0 Å².